The Kier molecular flexibility index (Phi) is 4.24. The molecule has 0 fully saturated rings. The van der Waals surface area contributed by atoms with Crippen LogP contribution in [0.1, 0.15) is 5.82 Å². The van der Waals surface area contributed by atoms with Gasteiger partial charge in [0, 0.05) is 20.5 Å². The van der Waals surface area contributed by atoms with Crippen molar-refractivity contribution in [1.82, 2.24) is 14.3 Å². The van der Waals surface area contributed by atoms with Gasteiger partial charge in [0.05, 0.1) is 5.75 Å². The van der Waals surface area contributed by atoms with Crippen molar-refractivity contribution in [1.29, 1.82) is 0 Å². The zero-order valence-corrected chi connectivity index (χ0v) is 11.1. The first-order chi connectivity index (χ1) is 8.28. The molecular formula is C8H15N5O4S. The maximum absolute atomic E-state index is 11.2. The second kappa shape index (κ2) is 5.31. The van der Waals surface area contributed by atoms with E-state index in [2.05, 4.69) is 15.0 Å². The summed E-state index contributed by atoms with van der Waals surface area (Å²) < 4.78 is 26.0. The lowest BCUT2D eigenvalue weighted by Gasteiger charge is -2.06. The van der Waals surface area contributed by atoms with E-state index in [1.54, 1.807) is 14.0 Å². The second-order valence-corrected chi connectivity index (χ2v) is 5.64. The molecule has 0 amide bonds. The normalized spacial score (nSPS) is 11.5. The van der Waals surface area contributed by atoms with Gasteiger partial charge in [-0.1, -0.05) is 0 Å². The van der Waals surface area contributed by atoms with E-state index < -0.39 is 14.9 Å². The summed E-state index contributed by atoms with van der Waals surface area (Å²) in [4.78, 5) is 13.9. The summed E-state index contributed by atoms with van der Waals surface area (Å²) in [5.74, 6) is 0.187. The van der Waals surface area contributed by atoms with Gasteiger partial charge in [0.2, 0.25) is 21.7 Å². The number of nitrogens with zero attached hydrogens (tertiary/aromatic N) is 3. The fourth-order valence-electron chi connectivity index (χ4n) is 1.32. The van der Waals surface area contributed by atoms with Gasteiger partial charge < -0.3 is 15.4 Å². The highest BCUT2D eigenvalue weighted by atomic mass is 32.2. The van der Waals surface area contributed by atoms with E-state index in [0.29, 0.717) is 5.82 Å². The van der Waals surface area contributed by atoms with Crippen LogP contribution in [0.4, 0.5) is 11.6 Å². The van der Waals surface area contributed by atoms with Crippen molar-refractivity contribution in [2.45, 2.75) is 6.92 Å². The van der Waals surface area contributed by atoms with E-state index >= 15 is 0 Å². The summed E-state index contributed by atoms with van der Waals surface area (Å²) in [6.07, 6.45) is 0. The molecule has 18 heavy (non-hydrogen) atoms. The van der Waals surface area contributed by atoms with E-state index in [4.69, 9.17) is 0 Å². The van der Waals surface area contributed by atoms with Crippen molar-refractivity contribution < 1.29 is 13.3 Å². The predicted octanol–water partition coefficient (Wildman–Crippen LogP) is -0.402. The standard InChI is InChI=1S/C8H15N5O4S/c1-6-11-8(13(14)15)7(12(6)3)10-4-5-18(16,17)9-2/h9-10H,4-5H2,1-3H3. The van der Waals surface area contributed by atoms with Crippen molar-refractivity contribution in [3.05, 3.63) is 15.9 Å². The van der Waals surface area contributed by atoms with E-state index in [-0.39, 0.29) is 23.9 Å². The Morgan fingerprint density at radius 2 is 2.11 bits per heavy atom. The fourth-order valence-corrected chi connectivity index (χ4v) is 1.90. The monoisotopic (exact) mass is 277 g/mol. The lowest BCUT2D eigenvalue weighted by atomic mass is 10.6. The van der Waals surface area contributed by atoms with Gasteiger partial charge in [0.25, 0.3) is 0 Å². The molecule has 0 saturated heterocycles. The number of nitro groups is 1. The summed E-state index contributed by atoms with van der Waals surface area (Å²) in [5, 5.41) is 13.5. The SMILES string of the molecule is CNS(=O)(=O)CCNc1c([N+](=O)[O-])nc(C)n1C. The lowest BCUT2D eigenvalue weighted by Crippen LogP contribution is -2.26. The topological polar surface area (TPSA) is 119 Å². The maximum atomic E-state index is 11.2. The van der Waals surface area contributed by atoms with E-state index in [1.807, 2.05) is 0 Å². The second-order valence-electron chi connectivity index (χ2n) is 3.60. The van der Waals surface area contributed by atoms with Crippen LogP contribution in [-0.2, 0) is 17.1 Å². The van der Waals surface area contributed by atoms with Gasteiger partial charge in [-0.05, 0) is 17.0 Å². The lowest BCUT2D eigenvalue weighted by molar-refractivity contribution is -0.388. The van der Waals surface area contributed by atoms with Crippen LogP contribution in [0.5, 0.6) is 0 Å². The number of rotatable bonds is 6. The zero-order valence-electron chi connectivity index (χ0n) is 10.3. The van der Waals surface area contributed by atoms with Crippen LogP contribution in [0.2, 0.25) is 0 Å². The minimum atomic E-state index is -3.34. The van der Waals surface area contributed by atoms with Gasteiger partial charge in [-0.15, -0.1) is 0 Å². The van der Waals surface area contributed by atoms with E-state index in [9.17, 15) is 18.5 Å². The number of nitrogens with one attached hydrogen (secondary N) is 2. The smallest absolute Gasteiger partial charge is 0.363 e. The predicted molar refractivity (Wildman–Crippen MR) is 65.9 cm³/mol. The maximum Gasteiger partial charge on any atom is 0.406 e. The highest BCUT2D eigenvalue weighted by molar-refractivity contribution is 7.89. The summed E-state index contributed by atoms with van der Waals surface area (Å²) in [6, 6.07) is 0. The Morgan fingerprint density at radius 1 is 1.50 bits per heavy atom. The van der Waals surface area contributed by atoms with Crippen molar-refractivity contribution >= 4 is 21.7 Å². The molecule has 0 aliphatic carbocycles. The third-order valence-corrected chi connectivity index (χ3v) is 3.81. The molecule has 1 heterocycles. The number of aromatic nitrogens is 2. The highest BCUT2D eigenvalue weighted by Gasteiger charge is 2.23. The molecule has 0 aliphatic rings. The molecule has 0 aromatic carbocycles. The van der Waals surface area contributed by atoms with Crippen LogP contribution in [0.15, 0.2) is 0 Å². The number of imidazole rings is 1. The van der Waals surface area contributed by atoms with Crippen LogP contribution in [0.25, 0.3) is 0 Å². The molecule has 0 saturated carbocycles. The molecule has 1 aromatic heterocycles. The summed E-state index contributed by atoms with van der Waals surface area (Å²) in [6.45, 7) is 1.69. The van der Waals surface area contributed by atoms with Crippen molar-refractivity contribution in [3.63, 3.8) is 0 Å². The zero-order chi connectivity index (χ0) is 13.9. The molecule has 0 aliphatic heterocycles. The molecule has 1 aromatic rings. The number of hydrogen-bond donors (Lipinski definition) is 2. The Hall–Kier alpha value is -1.68. The van der Waals surface area contributed by atoms with E-state index in [1.165, 1.54) is 11.6 Å². The largest absolute Gasteiger partial charge is 0.406 e. The molecule has 0 spiro atoms. The molecular weight excluding hydrogens is 262 g/mol. The summed E-state index contributed by atoms with van der Waals surface area (Å²) in [5.41, 5.74) is 0. The molecule has 102 valence electrons. The van der Waals surface area contributed by atoms with Gasteiger partial charge in [-0.2, -0.15) is 0 Å². The molecule has 0 unspecified atom stereocenters. The van der Waals surface area contributed by atoms with Gasteiger partial charge in [-0.3, -0.25) is 4.57 Å². The average molecular weight is 277 g/mol. The Morgan fingerprint density at radius 3 is 2.61 bits per heavy atom. The Balaban J connectivity index is 2.82. The van der Waals surface area contributed by atoms with Crippen LogP contribution in [0, 0.1) is 17.0 Å². The molecule has 0 radical (unpaired) electrons. The number of hydrogen-bond acceptors (Lipinski definition) is 6. The van der Waals surface area contributed by atoms with Crippen molar-refractivity contribution in [3.8, 4) is 0 Å². The fraction of sp³-hybridized carbons (Fsp3) is 0.625. The minimum Gasteiger partial charge on any atom is -0.363 e. The van der Waals surface area contributed by atoms with Crippen LogP contribution in [-0.4, -0.2) is 42.2 Å². The third-order valence-electron chi connectivity index (χ3n) is 2.45. The quantitative estimate of drug-likeness (QED) is 0.539. The number of aryl methyl sites for hydroxylation is 1. The molecule has 9 nitrogen and oxygen atoms in total. The Labute approximate surface area is 104 Å². The van der Waals surface area contributed by atoms with E-state index in [0.717, 1.165) is 0 Å². The Bertz CT molecular complexity index is 550. The van der Waals surface area contributed by atoms with Crippen molar-refractivity contribution in [2.24, 2.45) is 7.05 Å². The first-order valence-corrected chi connectivity index (χ1v) is 6.76. The van der Waals surface area contributed by atoms with Crippen molar-refractivity contribution in [2.75, 3.05) is 24.7 Å². The molecule has 1 rings (SSSR count). The molecule has 0 atom stereocenters. The highest BCUT2D eigenvalue weighted by Crippen LogP contribution is 2.23. The molecule has 2 N–H and O–H groups in total. The molecule has 10 heteroatoms. The van der Waals surface area contributed by atoms with Gasteiger partial charge >= 0.3 is 5.82 Å². The third kappa shape index (κ3) is 3.17. The average Bonchev–Trinajstić information content (AvgIpc) is 2.57. The van der Waals surface area contributed by atoms with Gasteiger partial charge in [-0.25, -0.2) is 13.1 Å². The minimum absolute atomic E-state index is 0.0585. The summed E-state index contributed by atoms with van der Waals surface area (Å²) in [7, 11) is -0.414. The van der Waals surface area contributed by atoms with Crippen LogP contribution < -0.4 is 10.0 Å². The first-order valence-electron chi connectivity index (χ1n) is 5.11. The number of sulfonamides is 1. The summed E-state index contributed by atoms with van der Waals surface area (Å²) >= 11 is 0. The van der Waals surface area contributed by atoms with Gasteiger partial charge in [0.1, 0.15) is 0 Å². The first kappa shape index (κ1) is 14.4. The van der Waals surface area contributed by atoms with Gasteiger partial charge in [0.15, 0.2) is 0 Å². The number of anilines is 1. The van der Waals surface area contributed by atoms with Crippen LogP contribution >= 0.6 is 0 Å². The van der Waals surface area contributed by atoms with Crippen LogP contribution in [0.3, 0.4) is 0 Å². The molecule has 0 bridgehead atoms.